The molecule has 29 heavy (non-hydrogen) atoms. The number of hydrogen-bond donors (Lipinski definition) is 1. The fraction of sp³-hybridized carbons (Fsp3) is 0.391. The van der Waals surface area contributed by atoms with Gasteiger partial charge in [-0.15, -0.1) is 0 Å². The SMILES string of the molecule is Cc1ccccc1CC(=O)N(Cc1ccc(Cl)c(Cl)c1)[C@@H](C)C(=O)NCC(C)C. The van der Waals surface area contributed by atoms with Crippen molar-refractivity contribution in [1.29, 1.82) is 0 Å². The maximum absolute atomic E-state index is 13.2. The normalized spacial score (nSPS) is 12.0. The molecule has 156 valence electrons. The van der Waals surface area contributed by atoms with E-state index in [9.17, 15) is 9.59 Å². The first-order valence-electron chi connectivity index (χ1n) is 9.74. The lowest BCUT2D eigenvalue weighted by atomic mass is 10.0. The minimum absolute atomic E-state index is 0.113. The molecule has 1 N–H and O–H groups in total. The molecule has 2 aromatic carbocycles. The van der Waals surface area contributed by atoms with E-state index in [-0.39, 0.29) is 24.8 Å². The van der Waals surface area contributed by atoms with E-state index in [1.54, 1.807) is 24.0 Å². The van der Waals surface area contributed by atoms with Gasteiger partial charge in [-0.25, -0.2) is 0 Å². The number of benzene rings is 2. The Bertz CT molecular complexity index is 868. The highest BCUT2D eigenvalue weighted by atomic mass is 35.5. The highest BCUT2D eigenvalue weighted by molar-refractivity contribution is 6.42. The van der Waals surface area contributed by atoms with Crippen LogP contribution < -0.4 is 5.32 Å². The first-order valence-corrected chi connectivity index (χ1v) is 10.5. The Labute approximate surface area is 183 Å². The quantitative estimate of drug-likeness (QED) is 0.632. The topological polar surface area (TPSA) is 49.4 Å². The second-order valence-electron chi connectivity index (χ2n) is 7.69. The number of carbonyl (C=O) groups is 2. The van der Waals surface area contributed by atoms with E-state index in [4.69, 9.17) is 23.2 Å². The Morgan fingerprint density at radius 3 is 2.34 bits per heavy atom. The van der Waals surface area contributed by atoms with Crippen LogP contribution >= 0.6 is 23.2 Å². The third kappa shape index (κ3) is 6.76. The molecule has 0 aromatic heterocycles. The molecule has 0 unspecified atom stereocenters. The number of amides is 2. The van der Waals surface area contributed by atoms with Crippen molar-refractivity contribution in [3.63, 3.8) is 0 Å². The Morgan fingerprint density at radius 2 is 1.72 bits per heavy atom. The molecule has 0 bridgehead atoms. The van der Waals surface area contributed by atoms with Crippen molar-refractivity contribution >= 4 is 35.0 Å². The number of nitrogens with zero attached hydrogens (tertiary/aromatic N) is 1. The van der Waals surface area contributed by atoms with Crippen molar-refractivity contribution < 1.29 is 9.59 Å². The molecule has 0 radical (unpaired) electrons. The van der Waals surface area contributed by atoms with E-state index in [0.717, 1.165) is 16.7 Å². The van der Waals surface area contributed by atoms with Gasteiger partial charge >= 0.3 is 0 Å². The van der Waals surface area contributed by atoms with Gasteiger partial charge in [0.1, 0.15) is 6.04 Å². The molecule has 2 aromatic rings. The molecule has 4 nitrogen and oxygen atoms in total. The van der Waals surface area contributed by atoms with Gasteiger partial charge in [-0.2, -0.15) is 0 Å². The summed E-state index contributed by atoms with van der Waals surface area (Å²) in [7, 11) is 0. The average Bonchev–Trinajstić information content (AvgIpc) is 2.68. The molecule has 0 aliphatic carbocycles. The van der Waals surface area contributed by atoms with Crippen LogP contribution in [-0.4, -0.2) is 29.3 Å². The van der Waals surface area contributed by atoms with Crippen LogP contribution in [0.1, 0.15) is 37.5 Å². The zero-order valence-electron chi connectivity index (χ0n) is 17.3. The van der Waals surface area contributed by atoms with Gasteiger partial charge in [-0.3, -0.25) is 9.59 Å². The fourth-order valence-corrected chi connectivity index (χ4v) is 3.26. The van der Waals surface area contributed by atoms with Crippen LogP contribution in [0.2, 0.25) is 10.0 Å². The summed E-state index contributed by atoms with van der Waals surface area (Å²) in [5.74, 6) is 0.0480. The highest BCUT2D eigenvalue weighted by Crippen LogP contribution is 2.24. The van der Waals surface area contributed by atoms with E-state index in [2.05, 4.69) is 5.32 Å². The molecule has 2 amide bonds. The molecule has 2 rings (SSSR count). The molecule has 0 fully saturated rings. The molecule has 0 aliphatic heterocycles. The number of nitrogens with one attached hydrogen (secondary N) is 1. The largest absolute Gasteiger partial charge is 0.354 e. The molecule has 0 saturated carbocycles. The van der Waals surface area contributed by atoms with Crippen molar-refractivity contribution in [2.45, 2.75) is 46.7 Å². The maximum Gasteiger partial charge on any atom is 0.242 e. The Morgan fingerprint density at radius 1 is 1.03 bits per heavy atom. The predicted octanol–water partition coefficient (Wildman–Crippen LogP) is 5.03. The monoisotopic (exact) mass is 434 g/mol. The van der Waals surface area contributed by atoms with Gasteiger partial charge in [0.05, 0.1) is 16.5 Å². The predicted molar refractivity (Wildman–Crippen MR) is 119 cm³/mol. The van der Waals surface area contributed by atoms with Gasteiger partial charge in [0.2, 0.25) is 11.8 Å². The third-order valence-corrected chi connectivity index (χ3v) is 5.53. The van der Waals surface area contributed by atoms with Gasteiger partial charge in [0, 0.05) is 13.1 Å². The maximum atomic E-state index is 13.2. The van der Waals surface area contributed by atoms with E-state index in [1.165, 1.54) is 0 Å². The fourth-order valence-electron chi connectivity index (χ4n) is 2.94. The third-order valence-electron chi connectivity index (χ3n) is 4.79. The van der Waals surface area contributed by atoms with Crippen molar-refractivity contribution in [3.8, 4) is 0 Å². The van der Waals surface area contributed by atoms with Crippen molar-refractivity contribution in [3.05, 3.63) is 69.2 Å². The lowest BCUT2D eigenvalue weighted by molar-refractivity contribution is -0.140. The van der Waals surface area contributed by atoms with Gasteiger partial charge in [0.15, 0.2) is 0 Å². The first-order chi connectivity index (χ1) is 13.7. The van der Waals surface area contributed by atoms with Crippen molar-refractivity contribution in [2.75, 3.05) is 6.54 Å². The molecule has 6 heteroatoms. The van der Waals surface area contributed by atoms with Gasteiger partial charge in [-0.1, -0.05) is 67.4 Å². The lowest BCUT2D eigenvalue weighted by Crippen LogP contribution is -2.48. The summed E-state index contributed by atoms with van der Waals surface area (Å²) in [6.45, 7) is 8.63. The molecule has 0 spiro atoms. The molecule has 0 saturated heterocycles. The van der Waals surface area contributed by atoms with E-state index in [0.29, 0.717) is 22.5 Å². The number of carbonyl (C=O) groups excluding carboxylic acids is 2. The van der Waals surface area contributed by atoms with E-state index >= 15 is 0 Å². The summed E-state index contributed by atoms with van der Waals surface area (Å²) < 4.78 is 0. The van der Waals surface area contributed by atoms with Gasteiger partial charge in [-0.05, 0) is 48.6 Å². The van der Waals surface area contributed by atoms with Crippen LogP contribution in [0, 0.1) is 12.8 Å². The van der Waals surface area contributed by atoms with Gasteiger partial charge in [0.25, 0.3) is 0 Å². The second kappa shape index (κ2) is 10.7. The molecule has 0 heterocycles. The zero-order chi connectivity index (χ0) is 21.6. The second-order valence-corrected chi connectivity index (χ2v) is 8.50. The van der Waals surface area contributed by atoms with Crippen molar-refractivity contribution in [2.24, 2.45) is 5.92 Å². The Balaban J connectivity index is 2.25. The number of rotatable bonds is 8. The van der Waals surface area contributed by atoms with Crippen LogP contribution in [0.3, 0.4) is 0 Å². The van der Waals surface area contributed by atoms with Gasteiger partial charge < -0.3 is 10.2 Å². The first kappa shape index (κ1) is 23.2. The van der Waals surface area contributed by atoms with E-state index in [1.807, 2.05) is 51.1 Å². The Kier molecular flexibility index (Phi) is 8.54. The van der Waals surface area contributed by atoms with Crippen LogP contribution in [0.25, 0.3) is 0 Å². The highest BCUT2D eigenvalue weighted by Gasteiger charge is 2.26. The lowest BCUT2D eigenvalue weighted by Gasteiger charge is -2.29. The minimum atomic E-state index is -0.611. The molecule has 1 atom stereocenters. The summed E-state index contributed by atoms with van der Waals surface area (Å²) in [6, 6.07) is 12.4. The van der Waals surface area contributed by atoms with Crippen LogP contribution in [0.4, 0.5) is 0 Å². The van der Waals surface area contributed by atoms with Crippen molar-refractivity contribution in [1.82, 2.24) is 10.2 Å². The van der Waals surface area contributed by atoms with Crippen LogP contribution in [-0.2, 0) is 22.6 Å². The van der Waals surface area contributed by atoms with Crippen LogP contribution in [0.5, 0.6) is 0 Å². The summed E-state index contributed by atoms with van der Waals surface area (Å²) in [6.07, 6.45) is 0.232. The van der Waals surface area contributed by atoms with E-state index < -0.39 is 6.04 Å². The number of hydrogen-bond acceptors (Lipinski definition) is 2. The smallest absolute Gasteiger partial charge is 0.242 e. The number of aryl methyl sites for hydroxylation is 1. The summed E-state index contributed by atoms with van der Waals surface area (Å²) in [5, 5.41) is 3.80. The molecular weight excluding hydrogens is 407 g/mol. The Hall–Kier alpha value is -2.04. The summed E-state index contributed by atoms with van der Waals surface area (Å²) in [4.78, 5) is 27.5. The average molecular weight is 435 g/mol. The standard InChI is InChI=1S/C23H28Cl2N2O2/c1-15(2)13-26-23(29)17(4)27(14-18-9-10-20(24)21(25)11-18)22(28)12-19-8-6-5-7-16(19)3/h5-11,15,17H,12-14H2,1-4H3,(H,26,29)/t17-/m0/s1. The zero-order valence-corrected chi connectivity index (χ0v) is 18.8. The summed E-state index contributed by atoms with van der Waals surface area (Å²) in [5.41, 5.74) is 2.82. The molecular formula is C23H28Cl2N2O2. The minimum Gasteiger partial charge on any atom is -0.354 e. The molecule has 0 aliphatic rings. The number of halogens is 2. The van der Waals surface area contributed by atoms with Crippen LogP contribution in [0.15, 0.2) is 42.5 Å². The summed E-state index contributed by atoms with van der Waals surface area (Å²) >= 11 is 12.2.